The number of ether oxygens (including phenoxy) is 1. The summed E-state index contributed by atoms with van der Waals surface area (Å²) in [6, 6.07) is 18.7. The van der Waals surface area contributed by atoms with Crippen LogP contribution in [-0.4, -0.2) is 43.7 Å². The fourth-order valence-corrected chi connectivity index (χ4v) is 3.43. The molecule has 1 heterocycles. The van der Waals surface area contributed by atoms with E-state index < -0.39 is 0 Å². The number of carbonyl (C=O) groups excluding carboxylic acids is 1. The summed E-state index contributed by atoms with van der Waals surface area (Å²) >= 11 is 0. The molecule has 1 fully saturated rings. The maximum absolute atomic E-state index is 12.1. The predicted octanol–water partition coefficient (Wildman–Crippen LogP) is 3.20. The van der Waals surface area contributed by atoms with E-state index in [2.05, 4.69) is 39.8 Å². The van der Waals surface area contributed by atoms with E-state index in [9.17, 15) is 4.79 Å². The molecule has 0 unspecified atom stereocenters. The van der Waals surface area contributed by atoms with Crippen molar-refractivity contribution < 1.29 is 9.53 Å². The highest BCUT2D eigenvalue weighted by molar-refractivity contribution is 5.74. The summed E-state index contributed by atoms with van der Waals surface area (Å²) in [6.07, 6.45) is 2.81. The highest BCUT2D eigenvalue weighted by Gasteiger charge is 2.20. The second-order valence-corrected chi connectivity index (χ2v) is 7.03. The van der Waals surface area contributed by atoms with E-state index in [1.54, 1.807) is 7.11 Å². The molecule has 2 aromatic carbocycles. The molecule has 1 aliphatic rings. The number of nitrogens with one attached hydrogen (secondary N) is 2. The first-order valence-corrected chi connectivity index (χ1v) is 9.66. The zero-order valence-electron chi connectivity index (χ0n) is 16.0. The van der Waals surface area contributed by atoms with Crippen LogP contribution in [0.3, 0.4) is 0 Å². The summed E-state index contributed by atoms with van der Waals surface area (Å²) in [5, 5.41) is 6.07. The molecule has 0 aromatic heterocycles. The third-order valence-electron chi connectivity index (χ3n) is 5.03. The van der Waals surface area contributed by atoms with Crippen LogP contribution in [0.5, 0.6) is 5.75 Å². The molecule has 0 spiro atoms. The number of methoxy groups -OCH3 is 1. The van der Waals surface area contributed by atoms with Crippen molar-refractivity contribution in [2.75, 3.05) is 26.7 Å². The van der Waals surface area contributed by atoms with Gasteiger partial charge in [0, 0.05) is 32.2 Å². The molecule has 2 amide bonds. The van der Waals surface area contributed by atoms with E-state index in [1.165, 1.54) is 11.1 Å². The van der Waals surface area contributed by atoms with Crippen molar-refractivity contribution in [2.24, 2.45) is 0 Å². The number of urea groups is 1. The minimum atomic E-state index is -0.0648. The SMILES string of the molecule is COc1ccc(CCNC(=O)NC2CCN(Cc3ccccc3)CC2)cc1. The fourth-order valence-electron chi connectivity index (χ4n) is 3.43. The van der Waals surface area contributed by atoms with E-state index in [0.29, 0.717) is 6.54 Å². The zero-order chi connectivity index (χ0) is 18.9. The van der Waals surface area contributed by atoms with Crippen LogP contribution in [0.4, 0.5) is 4.79 Å². The smallest absolute Gasteiger partial charge is 0.315 e. The number of benzene rings is 2. The second-order valence-electron chi connectivity index (χ2n) is 7.03. The summed E-state index contributed by atoms with van der Waals surface area (Å²) in [7, 11) is 1.66. The van der Waals surface area contributed by atoms with Crippen molar-refractivity contribution in [3.05, 3.63) is 65.7 Å². The summed E-state index contributed by atoms with van der Waals surface area (Å²) < 4.78 is 5.15. The highest BCUT2D eigenvalue weighted by Crippen LogP contribution is 2.14. The third-order valence-corrected chi connectivity index (χ3v) is 5.03. The molecule has 3 rings (SSSR count). The molecule has 5 nitrogen and oxygen atoms in total. The molecule has 27 heavy (non-hydrogen) atoms. The Morgan fingerprint density at radius 3 is 2.41 bits per heavy atom. The van der Waals surface area contributed by atoms with Gasteiger partial charge in [-0.15, -0.1) is 0 Å². The molecule has 0 radical (unpaired) electrons. The molecule has 2 N–H and O–H groups in total. The van der Waals surface area contributed by atoms with Gasteiger partial charge in [-0.25, -0.2) is 4.79 Å². The molecular weight excluding hydrogens is 338 g/mol. The molecule has 144 valence electrons. The van der Waals surface area contributed by atoms with E-state index >= 15 is 0 Å². The van der Waals surface area contributed by atoms with Gasteiger partial charge in [-0.1, -0.05) is 42.5 Å². The van der Waals surface area contributed by atoms with Gasteiger partial charge in [0.05, 0.1) is 7.11 Å². The van der Waals surface area contributed by atoms with Gasteiger partial charge in [0.2, 0.25) is 0 Å². The number of hydrogen-bond acceptors (Lipinski definition) is 3. The first kappa shape index (κ1) is 19.2. The van der Waals surface area contributed by atoms with Crippen LogP contribution in [0.2, 0.25) is 0 Å². The Morgan fingerprint density at radius 2 is 1.74 bits per heavy atom. The van der Waals surface area contributed by atoms with Crippen LogP contribution >= 0.6 is 0 Å². The molecule has 1 aliphatic heterocycles. The van der Waals surface area contributed by atoms with Gasteiger partial charge in [0.1, 0.15) is 5.75 Å². The second kappa shape index (κ2) is 9.97. The summed E-state index contributed by atoms with van der Waals surface area (Å²) in [5.74, 6) is 0.850. The van der Waals surface area contributed by atoms with E-state index in [-0.39, 0.29) is 12.1 Å². The van der Waals surface area contributed by atoms with Crippen molar-refractivity contribution >= 4 is 6.03 Å². The molecule has 0 aliphatic carbocycles. The molecule has 0 bridgehead atoms. The quantitative estimate of drug-likeness (QED) is 0.790. The summed E-state index contributed by atoms with van der Waals surface area (Å²) in [4.78, 5) is 14.6. The minimum Gasteiger partial charge on any atom is -0.497 e. The first-order valence-electron chi connectivity index (χ1n) is 9.66. The van der Waals surface area contributed by atoms with Crippen molar-refractivity contribution in [3.63, 3.8) is 0 Å². The lowest BCUT2D eigenvalue weighted by Crippen LogP contribution is -2.48. The van der Waals surface area contributed by atoms with Gasteiger partial charge in [-0.05, 0) is 42.5 Å². The molecule has 0 atom stereocenters. The van der Waals surface area contributed by atoms with Crippen LogP contribution in [0.15, 0.2) is 54.6 Å². The van der Waals surface area contributed by atoms with Gasteiger partial charge >= 0.3 is 6.03 Å². The van der Waals surface area contributed by atoms with E-state index in [1.807, 2.05) is 30.3 Å². The van der Waals surface area contributed by atoms with Gasteiger partial charge in [-0.3, -0.25) is 4.90 Å². The van der Waals surface area contributed by atoms with E-state index in [0.717, 1.165) is 44.6 Å². The topological polar surface area (TPSA) is 53.6 Å². The average molecular weight is 367 g/mol. The summed E-state index contributed by atoms with van der Waals surface area (Å²) in [6.45, 7) is 3.66. The van der Waals surface area contributed by atoms with Gasteiger partial charge in [-0.2, -0.15) is 0 Å². The molecule has 1 saturated heterocycles. The van der Waals surface area contributed by atoms with Crippen molar-refractivity contribution in [2.45, 2.75) is 31.8 Å². The number of hydrogen-bond donors (Lipinski definition) is 2. The fraction of sp³-hybridized carbons (Fsp3) is 0.409. The zero-order valence-corrected chi connectivity index (χ0v) is 16.0. The number of nitrogens with zero attached hydrogens (tertiary/aromatic N) is 1. The lowest BCUT2D eigenvalue weighted by atomic mass is 10.0. The lowest BCUT2D eigenvalue weighted by molar-refractivity contribution is 0.186. The largest absolute Gasteiger partial charge is 0.497 e. The Labute approximate surface area is 161 Å². The third kappa shape index (κ3) is 6.29. The maximum atomic E-state index is 12.1. The Balaban J connectivity index is 1.32. The Kier molecular flexibility index (Phi) is 7.11. The number of likely N-dealkylation sites (tertiary alicyclic amines) is 1. The standard InChI is InChI=1S/C22H29N3O2/c1-27-21-9-7-18(8-10-21)11-14-23-22(26)24-20-12-15-25(16-13-20)17-19-5-3-2-4-6-19/h2-10,20H,11-17H2,1H3,(H2,23,24,26). The van der Waals surface area contributed by atoms with Crippen LogP contribution < -0.4 is 15.4 Å². The Morgan fingerprint density at radius 1 is 1.04 bits per heavy atom. The normalized spacial score (nSPS) is 15.3. The van der Waals surface area contributed by atoms with Crippen LogP contribution in [0.25, 0.3) is 0 Å². The highest BCUT2D eigenvalue weighted by atomic mass is 16.5. The Hall–Kier alpha value is -2.53. The van der Waals surface area contributed by atoms with Crippen LogP contribution in [0.1, 0.15) is 24.0 Å². The van der Waals surface area contributed by atoms with Gasteiger partial charge < -0.3 is 15.4 Å². The number of piperidine rings is 1. The van der Waals surface area contributed by atoms with Crippen LogP contribution in [0, 0.1) is 0 Å². The first-order chi connectivity index (χ1) is 13.2. The molecule has 5 heteroatoms. The Bertz CT molecular complexity index is 695. The van der Waals surface area contributed by atoms with Gasteiger partial charge in [0.15, 0.2) is 0 Å². The number of carbonyl (C=O) groups is 1. The molecular formula is C22H29N3O2. The predicted molar refractivity (Wildman–Crippen MR) is 108 cm³/mol. The van der Waals surface area contributed by atoms with Crippen LogP contribution in [-0.2, 0) is 13.0 Å². The van der Waals surface area contributed by atoms with Crippen molar-refractivity contribution in [1.82, 2.24) is 15.5 Å². The molecule has 2 aromatic rings. The lowest BCUT2D eigenvalue weighted by Gasteiger charge is -2.32. The van der Waals surface area contributed by atoms with Gasteiger partial charge in [0.25, 0.3) is 0 Å². The average Bonchev–Trinajstić information content (AvgIpc) is 2.71. The summed E-state index contributed by atoms with van der Waals surface area (Å²) in [5.41, 5.74) is 2.53. The van der Waals surface area contributed by atoms with Crippen molar-refractivity contribution in [1.29, 1.82) is 0 Å². The number of rotatable bonds is 7. The maximum Gasteiger partial charge on any atom is 0.315 e. The minimum absolute atomic E-state index is 0.0648. The van der Waals surface area contributed by atoms with Crippen molar-refractivity contribution in [3.8, 4) is 5.75 Å². The van der Waals surface area contributed by atoms with E-state index in [4.69, 9.17) is 4.74 Å². The number of amides is 2. The monoisotopic (exact) mass is 367 g/mol. The molecule has 0 saturated carbocycles.